The Kier molecular flexibility index (Phi) is 6.14. The second-order valence-electron chi connectivity index (χ2n) is 5.37. The zero-order valence-electron chi connectivity index (χ0n) is 13.6. The van der Waals surface area contributed by atoms with E-state index in [1.165, 1.54) is 24.5 Å². The molecule has 1 heterocycles. The summed E-state index contributed by atoms with van der Waals surface area (Å²) in [4.78, 5) is 23.2. The number of primary amides is 1. The van der Waals surface area contributed by atoms with Gasteiger partial charge in [-0.25, -0.2) is 8.42 Å². The summed E-state index contributed by atoms with van der Waals surface area (Å²) in [6.07, 6.45) is 2.28. The number of hydrogen-bond acceptors (Lipinski definition) is 6. The molecule has 0 aliphatic rings. The maximum absolute atomic E-state index is 12.2. The van der Waals surface area contributed by atoms with Gasteiger partial charge in [-0.2, -0.15) is 5.26 Å². The Hall–Kier alpha value is -3.12. The normalized spacial score (nSPS) is 12.1. The van der Waals surface area contributed by atoms with E-state index < -0.39 is 39.2 Å². The highest BCUT2D eigenvalue weighted by molar-refractivity contribution is 7.90. The Morgan fingerprint density at radius 3 is 2.62 bits per heavy atom. The molecule has 1 aromatic carbocycles. The van der Waals surface area contributed by atoms with Crippen LogP contribution in [0.15, 0.2) is 47.1 Å². The van der Waals surface area contributed by atoms with Gasteiger partial charge in [-0.1, -0.05) is 18.2 Å². The van der Waals surface area contributed by atoms with Crippen molar-refractivity contribution in [3.05, 3.63) is 66.0 Å². The summed E-state index contributed by atoms with van der Waals surface area (Å²) in [6.45, 7) is 0. The molecule has 1 aromatic heterocycles. The average Bonchev–Trinajstić information content (AvgIpc) is 3.12. The Morgan fingerprint density at radius 1 is 1.27 bits per heavy atom. The molecule has 8 nitrogen and oxygen atoms in total. The van der Waals surface area contributed by atoms with Gasteiger partial charge in [0.25, 0.3) is 0 Å². The summed E-state index contributed by atoms with van der Waals surface area (Å²) < 4.78 is 29.5. The number of nitrogens with zero attached hydrogens (tertiary/aromatic N) is 1. The lowest BCUT2D eigenvalue weighted by Crippen LogP contribution is -2.29. The maximum Gasteiger partial charge on any atom is 0.249 e. The molecule has 3 N–H and O–H groups in total. The van der Waals surface area contributed by atoms with Crippen LogP contribution in [-0.2, 0) is 20.4 Å². The summed E-state index contributed by atoms with van der Waals surface area (Å²) in [5.74, 6) is -2.20. The minimum absolute atomic E-state index is 0.114. The molecular formula is C17H16N3O5S. The summed E-state index contributed by atoms with van der Waals surface area (Å²) in [6, 6.07) is 10.00. The van der Waals surface area contributed by atoms with E-state index in [1.54, 1.807) is 18.2 Å². The Labute approximate surface area is 150 Å². The molecule has 0 saturated carbocycles. The molecule has 0 saturated heterocycles. The van der Waals surface area contributed by atoms with Gasteiger partial charge in [0.2, 0.25) is 11.8 Å². The SMILES string of the molecule is N#C[C@@H](NC(=O)[CH]CS(=O)(=O)Cc1ccccc1C(N)=O)c1ccco1. The second-order valence-corrected chi connectivity index (χ2v) is 7.48. The van der Waals surface area contributed by atoms with E-state index in [9.17, 15) is 18.0 Å². The van der Waals surface area contributed by atoms with Gasteiger partial charge in [0.15, 0.2) is 15.9 Å². The smallest absolute Gasteiger partial charge is 0.249 e. The van der Waals surface area contributed by atoms with E-state index in [-0.39, 0.29) is 16.9 Å². The first-order valence-corrected chi connectivity index (χ1v) is 9.29. The minimum atomic E-state index is -3.71. The molecule has 135 valence electrons. The van der Waals surface area contributed by atoms with Crippen molar-refractivity contribution < 1.29 is 22.4 Å². The highest BCUT2D eigenvalue weighted by Gasteiger charge is 2.21. The fourth-order valence-corrected chi connectivity index (χ4v) is 3.46. The quantitative estimate of drug-likeness (QED) is 0.702. The van der Waals surface area contributed by atoms with Gasteiger partial charge in [0, 0.05) is 5.56 Å². The number of nitriles is 1. The third kappa shape index (κ3) is 5.19. The van der Waals surface area contributed by atoms with Gasteiger partial charge >= 0.3 is 0 Å². The van der Waals surface area contributed by atoms with Gasteiger partial charge < -0.3 is 15.5 Å². The van der Waals surface area contributed by atoms with Crippen LogP contribution >= 0.6 is 0 Å². The summed E-state index contributed by atoms with van der Waals surface area (Å²) in [5, 5.41) is 11.4. The van der Waals surface area contributed by atoms with Crippen LogP contribution in [0, 0.1) is 17.8 Å². The number of sulfone groups is 1. The van der Waals surface area contributed by atoms with Crippen molar-refractivity contribution in [1.29, 1.82) is 5.26 Å². The predicted octanol–water partition coefficient (Wildman–Crippen LogP) is 0.879. The van der Waals surface area contributed by atoms with Crippen LogP contribution in [0.2, 0.25) is 0 Å². The van der Waals surface area contributed by atoms with E-state index in [0.29, 0.717) is 0 Å². The van der Waals surface area contributed by atoms with E-state index in [4.69, 9.17) is 15.4 Å². The molecular weight excluding hydrogens is 358 g/mol. The van der Waals surface area contributed by atoms with Crippen LogP contribution < -0.4 is 11.1 Å². The molecule has 1 atom stereocenters. The lowest BCUT2D eigenvalue weighted by atomic mass is 10.1. The van der Waals surface area contributed by atoms with Gasteiger partial charge in [-0.15, -0.1) is 0 Å². The number of nitrogens with two attached hydrogens (primary N) is 1. The maximum atomic E-state index is 12.2. The van der Waals surface area contributed by atoms with Crippen molar-refractivity contribution in [2.45, 2.75) is 11.8 Å². The predicted molar refractivity (Wildman–Crippen MR) is 92.0 cm³/mol. The highest BCUT2D eigenvalue weighted by atomic mass is 32.2. The molecule has 2 aromatic rings. The number of rotatable bonds is 8. The molecule has 1 radical (unpaired) electrons. The van der Waals surface area contributed by atoms with Crippen molar-refractivity contribution in [3.8, 4) is 6.07 Å². The zero-order chi connectivity index (χ0) is 19.2. The first-order chi connectivity index (χ1) is 12.3. The Bertz CT molecular complexity index is 930. The summed E-state index contributed by atoms with van der Waals surface area (Å²) in [5.41, 5.74) is 5.60. The highest BCUT2D eigenvalue weighted by Crippen LogP contribution is 2.14. The van der Waals surface area contributed by atoms with E-state index in [0.717, 1.165) is 6.42 Å². The summed E-state index contributed by atoms with van der Waals surface area (Å²) >= 11 is 0. The van der Waals surface area contributed by atoms with Crippen LogP contribution in [0.25, 0.3) is 0 Å². The minimum Gasteiger partial charge on any atom is -0.466 e. The van der Waals surface area contributed by atoms with E-state index >= 15 is 0 Å². The number of benzene rings is 1. The molecule has 0 unspecified atom stereocenters. The molecule has 0 spiro atoms. The monoisotopic (exact) mass is 374 g/mol. The molecule has 0 bridgehead atoms. The number of hydrogen-bond donors (Lipinski definition) is 2. The molecule has 0 fully saturated rings. The lowest BCUT2D eigenvalue weighted by molar-refractivity contribution is -0.118. The number of carbonyl (C=O) groups is 2. The number of furan rings is 1. The van der Waals surface area contributed by atoms with E-state index in [2.05, 4.69) is 5.32 Å². The third-order valence-electron chi connectivity index (χ3n) is 3.42. The molecule has 26 heavy (non-hydrogen) atoms. The first kappa shape index (κ1) is 19.2. The number of carbonyl (C=O) groups excluding carboxylic acids is 2. The van der Waals surface area contributed by atoms with Gasteiger partial charge in [0.1, 0.15) is 5.76 Å². The number of amides is 2. The molecule has 2 amide bonds. The van der Waals surface area contributed by atoms with Crippen molar-refractivity contribution in [2.24, 2.45) is 5.73 Å². The van der Waals surface area contributed by atoms with Crippen LogP contribution in [0.1, 0.15) is 27.7 Å². The Balaban J connectivity index is 1.97. The van der Waals surface area contributed by atoms with Crippen molar-refractivity contribution in [2.75, 3.05) is 5.75 Å². The first-order valence-electron chi connectivity index (χ1n) is 7.47. The molecule has 9 heteroatoms. The van der Waals surface area contributed by atoms with Crippen LogP contribution in [0.5, 0.6) is 0 Å². The molecule has 0 aliphatic heterocycles. The average molecular weight is 374 g/mol. The number of nitrogens with one attached hydrogen (secondary N) is 1. The third-order valence-corrected chi connectivity index (χ3v) is 4.85. The van der Waals surface area contributed by atoms with Crippen molar-refractivity contribution in [1.82, 2.24) is 5.32 Å². The zero-order valence-corrected chi connectivity index (χ0v) is 14.4. The van der Waals surface area contributed by atoms with Crippen molar-refractivity contribution >= 4 is 21.7 Å². The molecule has 0 aliphatic carbocycles. The van der Waals surface area contributed by atoms with Gasteiger partial charge in [-0.3, -0.25) is 9.59 Å². The van der Waals surface area contributed by atoms with E-state index in [1.807, 2.05) is 6.07 Å². The standard InChI is InChI=1S/C17H16N3O5S/c18-10-14(15-6-3-8-25-15)20-16(21)7-9-26(23,24)11-12-4-1-2-5-13(12)17(19)22/h1-8,14H,9,11H2,(H2,19,22)(H,20,21)/t14-/m1/s1. The topological polar surface area (TPSA) is 143 Å². The second kappa shape index (κ2) is 8.31. The lowest BCUT2D eigenvalue weighted by Gasteiger charge is -2.10. The van der Waals surface area contributed by atoms with Crippen LogP contribution in [-0.4, -0.2) is 26.0 Å². The fourth-order valence-electron chi connectivity index (χ4n) is 2.21. The van der Waals surface area contributed by atoms with Gasteiger partial charge in [-0.05, 0) is 23.8 Å². The summed E-state index contributed by atoms with van der Waals surface area (Å²) in [7, 11) is -3.71. The van der Waals surface area contributed by atoms with Crippen LogP contribution in [0.4, 0.5) is 0 Å². The van der Waals surface area contributed by atoms with Crippen LogP contribution in [0.3, 0.4) is 0 Å². The fraction of sp³-hybridized carbons (Fsp3) is 0.176. The van der Waals surface area contributed by atoms with Gasteiger partial charge in [0.05, 0.1) is 30.3 Å². The Morgan fingerprint density at radius 2 is 2.00 bits per heavy atom. The molecule has 2 rings (SSSR count). The largest absolute Gasteiger partial charge is 0.466 e. The van der Waals surface area contributed by atoms with Crippen molar-refractivity contribution in [3.63, 3.8) is 0 Å².